The van der Waals surface area contributed by atoms with Crippen molar-refractivity contribution in [2.45, 2.75) is 51.9 Å². The Morgan fingerprint density at radius 3 is 2.62 bits per heavy atom. The van der Waals surface area contributed by atoms with Gasteiger partial charge in [0.2, 0.25) is 0 Å². The van der Waals surface area contributed by atoms with E-state index in [0.29, 0.717) is 12.8 Å². The molecular weight excluding hydrogens is 266 g/mol. The lowest BCUT2D eigenvalue weighted by atomic mass is 9.80. The molecule has 1 aliphatic carbocycles. The molecule has 0 aromatic carbocycles. The lowest BCUT2D eigenvalue weighted by Gasteiger charge is -2.37. The van der Waals surface area contributed by atoms with Crippen LogP contribution < -0.4 is 4.90 Å². The second kappa shape index (κ2) is 5.62. The van der Waals surface area contributed by atoms with Gasteiger partial charge in [-0.25, -0.2) is 9.97 Å². The summed E-state index contributed by atoms with van der Waals surface area (Å²) in [4.78, 5) is 22.6. The van der Waals surface area contributed by atoms with Crippen molar-refractivity contribution >= 4 is 11.8 Å². The first kappa shape index (κ1) is 14.3. The molecule has 114 valence electrons. The Bertz CT molecular complexity index is 536. The van der Waals surface area contributed by atoms with E-state index < -0.39 is 11.4 Å². The second-order valence-corrected chi connectivity index (χ2v) is 6.54. The largest absolute Gasteiger partial charge is 0.481 e. The van der Waals surface area contributed by atoms with E-state index in [-0.39, 0.29) is 0 Å². The van der Waals surface area contributed by atoms with E-state index in [9.17, 15) is 9.90 Å². The number of anilines is 1. The van der Waals surface area contributed by atoms with Gasteiger partial charge in [0.15, 0.2) is 0 Å². The molecule has 5 heteroatoms. The highest BCUT2D eigenvalue weighted by Crippen LogP contribution is 2.35. The Morgan fingerprint density at radius 2 is 1.90 bits per heavy atom. The van der Waals surface area contributed by atoms with E-state index in [1.165, 1.54) is 30.5 Å². The summed E-state index contributed by atoms with van der Waals surface area (Å²) in [6.07, 6.45) is 8.80. The first-order chi connectivity index (χ1) is 10.1. The van der Waals surface area contributed by atoms with Gasteiger partial charge < -0.3 is 10.0 Å². The summed E-state index contributed by atoms with van der Waals surface area (Å²) in [7, 11) is 0. The SMILES string of the molecule is CC1(C(=O)O)CCN(c2ncnc3c2CCCCC3)CC1. The van der Waals surface area contributed by atoms with Gasteiger partial charge in [-0.3, -0.25) is 4.79 Å². The first-order valence-electron chi connectivity index (χ1n) is 7.91. The molecule has 1 saturated heterocycles. The number of rotatable bonds is 2. The number of carbonyl (C=O) groups is 1. The van der Waals surface area contributed by atoms with E-state index in [1.807, 2.05) is 6.92 Å². The molecule has 0 atom stereocenters. The maximum absolute atomic E-state index is 11.4. The van der Waals surface area contributed by atoms with Crippen LogP contribution in [0.4, 0.5) is 5.82 Å². The zero-order chi connectivity index (χ0) is 14.9. The topological polar surface area (TPSA) is 66.3 Å². The summed E-state index contributed by atoms with van der Waals surface area (Å²) in [5.74, 6) is 0.373. The summed E-state index contributed by atoms with van der Waals surface area (Å²) in [6.45, 7) is 3.39. The fourth-order valence-corrected chi connectivity index (χ4v) is 3.38. The van der Waals surface area contributed by atoms with Crippen molar-refractivity contribution in [3.05, 3.63) is 17.6 Å². The van der Waals surface area contributed by atoms with Crippen LogP contribution in [0.2, 0.25) is 0 Å². The summed E-state index contributed by atoms with van der Waals surface area (Å²) in [6, 6.07) is 0. The molecule has 1 aromatic heterocycles. The number of hydrogen-bond donors (Lipinski definition) is 1. The van der Waals surface area contributed by atoms with Crippen LogP contribution >= 0.6 is 0 Å². The molecule has 0 unspecified atom stereocenters. The van der Waals surface area contributed by atoms with E-state index in [2.05, 4.69) is 14.9 Å². The summed E-state index contributed by atoms with van der Waals surface area (Å²) in [5.41, 5.74) is 1.92. The monoisotopic (exact) mass is 289 g/mol. The molecule has 0 saturated carbocycles. The van der Waals surface area contributed by atoms with Crippen molar-refractivity contribution in [3.63, 3.8) is 0 Å². The summed E-state index contributed by atoms with van der Waals surface area (Å²) < 4.78 is 0. The lowest BCUT2D eigenvalue weighted by molar-refractivity contribution is -0.149. The van der Waals surface area contributed by atoms with Gasteiger partial charge in [-0.2, -0.15) is 0 Å². The van der Waals surface area contributed by atoms with Crippen LogP contribution in [0.1, 0.15) is 50.3 Å². The lowest BCUT2D eigenvalue weighted by Crippen LogP contribution is -2.43. The van der Waals surface area contributed by atoms with Crippen LogP contribution in [-0.4, -0.2) is 34.1 Å². The summed E-state index contributed by atoms with van der Waals surface area (Å²) in [5, 5.41) is 9.34. The molecule has 0 bridgehead atoms. The minimum absolute atomic E-state index is 0.583. The van der Waals surface area contributed by atoms with E-state index in [0.717, 1.165) is 31.7 Å². The standard InChI is InChI=1S/C16H23N3O2/c1-16(15(20)21)7-9-19(10-8-16)14-12-5-3-2-4-6-13(12)17-11-18-14/h11H,2-10H2,1H3,(H,20,21). The first-order valence-corrected chi connectivity index (χ1v) is 7.91. The highest BCUT2D eigenvalue weighted by Gasteiger charge is 2.37. The van der Waals surface area contributed by atoms with Crippen molar-refractivity contribution in [2.24, 2.45) is 5.41 Å². The molecule has 3 rings (SSSR count). The predicted molar refractivity (Wildman–Crippen MR) is 80.5 cm³/mol. The van der Waals surface area contributed by atoms with Crippen molar-refractivity contribution in [1.29, 1.82) is 0 Å². The number of fused-ring (bicyclic) bond motifs is 1. The van der Waals surface area contributed by atoms with Crippen LogP contribution in [0, 0.1) is 5.41 Å². The van der Waals surface area contributed by atoms with Crippen LogP contribution in [0.5, 0.6) is 0 Å². The zero-order valence-electron chi connectivity index (χ0n) is 12.6. The Kier molecular flexibility index (Phi) is 3.83. The maximum Gasteiger partial charge on any atom is 0.309 e. The number of carboxylic acids is 1. The molecule has 2 heterocycles. The summed E-state index contributed by atoms with van der Waals surface area (Å²) >= 11 is 0. The molecule has 21 heavy (non-hydrogen) atoms. The normalized spacial score (nSPS) is 21.5. The molecule has 5 nitrogen and oxygen atoms in total. The van der Waals surface area contributed by atoms with Crippen LogP contribution in [0.3, 0.4) is 0 Å². The smallest absolute Gasteiger partial charge is 0.309 e. The number of aliphatic carboxylic acids is 1. The maximum atomic E-state index is 11.4. The number of carboxylic acid groups (broad SMARTS) is 1. The van der Waals surface area contributed by atoms with Gasteiger partial charge in [0, 0.05) is 24.3 Å². The second-order valence-electron chi connectivity index (χ2n) is 6.54. The highest BCUT2D eigenvalue weighted by atomic mass is 16.4. The zero-order valence-corrected chi connectivity index (χ0v) is 12.6. The minimum Gasteiger partial charge on any atom is -0.481 e. The average Bonchev–Trinajstić information content (AvgIpc) is 2.73. The van der Waals surface area contributed by atoms with Gasteiger partial charge in [-0.1, -0.05) is 6.42 Å². The molecular formula is C16H23N3O2. The van der Waals surface area contributed by atoms with E-state index in [1.54, 1.807) is 6.33 Å². The van der Waals surface area contributed by atoms with Crippen molar-refractivity contribution in [1.82, 2.24) is 9.97 Å². The van der Waals surface area contributed by atoms with Crippen LogP contribution in [0.25, 0.3) is 0 Å². The fourth-order valence-electron chi connectivity index (χ4n) is 3.38. The molecule has 0 amide bonds. The average molecular weight is 289 g/mol. The Balaban J connectivity index is 1.81. The third-order valence-corrected chi connectivity index (χ3v) is 5.04. The van der Waals surface area contributed by atoms with Gasteiger partial charge in [0.25, 0.3) is 0 Å². The molecule has 1 fully saturated rings. The number of nitrogens with zero attached hydrogens (tertiary/aromatic N) is 3. The number of piperidine rings is 1. The molecule has 2 aliphatic rings. The Hall–Kier alpha value is -1.65. The van der Waals surface area contributed by atoms with Crippen molar-refractivity contribution in [2.75, 3.05) is 18.0 Å². The third-order valence-electron chi connectivity index (χ3n) is 5.04. The highest BCUT2D eigenvalue weighted by molar-refractivity contribution is 5.74. The van der Waals surface area contributed by atoms with Crippen molar-refractivity contribution < 1.29 is 9.90 Å². The fraction of sp³-hybridized carbons (Fsp3) is 0.688. The van der Waals surface area contributed by atoms with E-state index in [4.69, 9.17) is 0 Å². The molecule has 1 aromatic rings. The Labute approximate surface area is 125 Å². The molecule has 1 aliphatic heterocycles. The van der Waals surface area contributed by atoms with Gasteiger partial charge in [-0.05, 0) is 45.4 Å². The van der Waals surface area contributed by atoms with Crippen LogP contribution in [-0.2, 0) is 17.6 Å². The van der Waals surface area contributed by atoms with Gasteiger partial charge >= 0.3 is 5.97 Å². The van der Waals surface area contributed by atoms with Crippen molar-refractivity contribution in [3.8, 4) is 0 Å². The number of aryl methyl sites for hydroxylation is 1. The van der Waals surface area contributed by atoms with Gasteiger partial charge in [-0.15, -0.1) is 0 Å². The minimum atomic E-state index is -0.677. The molecule has 0 radical (unpaired) electrons. The van der Waals surface area contributed by atoms with E-state index >= 15 is 0 Å². The Morgan fingerprint density at radius 1 is 1.19 bits per heavy atom. The quantitative estimate of drug-likeness (QED) is 0.847. The van der Waals surface area contributed by atoms with Gasteiger partial charge in [0.1, 0.15) is 12.1 Å². The van der Waals surface area contributed by atoms with Gasteiger partial charge in [0.05, 0.1) is 5.41 Å². The van der Waals surface area contributed by atoms with Crippen LogP contribution in [0.15, 0.2) is 6.33 Å². The number of hydrogen-bond acceptors (Lipinski definition) is 4. The number of aromatic nitrogens is 2. The predicted octanol–water partition coefficient (Wildman–Crippen LogP) is 2.44. The molecule has 1 N–H and O–H groups in total. The molecule has 0 spiro atoms. The third kappa shape index (κ3) is 2.74.